The molecule has 1 aromatic rings. The topological polar surface area (TPSA) is 33.3 Å². The molecule has 0 aromatic heterocycles. The van der Waals surface area contributed by atoms with Crippen molar-refractivity contribution in [1.29, 1.82) is 0 Å². The van der Waals surface area contributed by atoms with Crippen LogP contribution in [0.25, 0.3) is 0 Å². The lowest BCUT2D eigenvalue weighted by Gasteiger charge is -2.14. The number of thiocarbonyl (C=S) groups is 1. The fourth-order valence-electron chi connectivity index (χ4n) is 1.97. The van der Waals surface area contributed by atoms with E-state index in [1.165, 1.54) is 5.56 Å². The van der Waals surface area contributed by atoms with Gasteiger partial charge in [-0.05, 0) is 43.8 Å². The van der Waals surface area contributed by atoms with Crippen LogP contribution in [0.5, 0.6) is 5.75 Å². The van der Waals surface area contributed by atoms with Gasteiger partial charge in [0.1, 0.15) is 5.75 Å². The Bertz CT molecular complexity index is 463. The molecule has 3 nitrogen and oxygen atoms in total. The minimum atomic E-state index is 0.342. The Labute approximate surface area is 121 Å². The molecule has 2 rings (SSSR count). The van der Waals surface area contributed by atoms with Crippen molar-refractivity contribution in [1.82, 2.24) is 10.6 Å². The van der Waals surface area contributed by atoms with E-state index < -0.39 is 0 Å². The Kier molecular flexibility index (Phi) is 4.45. The highest BCUT2D eigenvalue weighted by atomic mass is 79.9. The molecule has 18 heavy (non-hydrogen) atoms. The lowest BCUT2D eigenvalue weighted by Crippen LogP contribution is -2.38. The Morgan fingerprint density at radius 2 is 2.28 bits per heavy atom. The fourth-order valence-corrected chi connectivity index (χ4v) is 2.83. The van der Waals surface area contributed by atoms with Gasteiger partial charge in [-0.25, -0.2) is 0 Å². The number of hydrogen-bond acceptors (Lipinski definition) is 2. The zero-order chi connectivity index (χ0) is 13.1. The Morgan fingerprint density at radius 3 is 3.00 bits per heavy atom. The summed E-state index contributed by atoms with van der Waals surface area (Å²) >= 11 is 8.75. The third kappa shape index (κ3) is 3.36. The SMILES string of the molecule is CC(C)NC(=S)NCc1cc(Br)cc2c1OCC2. The minimum Gasteiger partial charge on any atom is -0.493 e. The first-order valence-corrected chi connectivity index (χ1v) is 7.25. The average molecular weight is 329 g/mol. The molecular formula is C13H17BrN2OS. The van der Waals surface area contributed by atoms with Crippen molar-refractivity contribution in [2.24, 2.45) is 0 Å². The van der Waals surface area contributed by atoms with Crippen LogP contribution in [-0.2, 0) is 13.0 Å². The molecule has 0 saturated carbocycles. The molecule has 1 heterocycles. The van der Waals surface area contributed by atoms with E-state index in [0.29, 0.717) is 17.7 Å². The van der Waals surface area contributed by atoms with Gasteiger partial charge in [0.05, 0.1) is 6.61 Å². The molecule has 1 aromatic carbocycles. The number of benzene rings is 1. The molecule has 1 aliphatic heterocycles. The van der Waals surface area contributed by atoms with Crippen molar-refractivity contribution in [2.45, 2.75) is 32.9 Å². The largest absolute Gasteiger partial charge is 0.493 e. The first kappa shape index (κ1) is 13.6. The van der Waals surface area contributed by atoms with Gasteiger partial charge in [-0.2, -0.15) is 0 Å². The van der Waals surface area contributed by atoms with E-state index in [1.807, 2.05) is 0 Å². The number of hydrogen-bond donors (Lipinski definition) is 2. The van der Waals surface area contributed by atoms with Gasteiger partial charge in [0.15, 0.2) is 5.11 Å². The van der Waals surface area contributed by atoms with Gasteiger partial charge in [0, 0.05) is 29.0 Å². The van der Waals surface area contributed by atoms with Crippen molar-refractivity contribution in [3.8, 4) is 5.75 Å². The number of halogens is 1. The lowest BCUT2D eigenvalue weighted by molar-refractivity contribution is 0.353. The summed E-state index contributed by atoms with van der Waals surface area (Å²) in [6.45, 7) is 5.58. The first-order valence-electron chi connectivity index (χ1n) is 6.04. The Hall–Kier alpha value is -0.810. The van der Waals surface area contributed by atoms with Crippen molar-refractivity contribution in [3.63, 3.8) is 0 Å². The van der Waals surface area contributed by atoms with Crippen LogP contribution >= 0.6 is 28.1 Å². The maximum absolute atomic E-state index is 5.67. The molecule has 0 atom stereocenters. The standard InChI is InChI=1S/C13H17BrN2OS/c1-8(2)16-13(18)15-7-10-6-11(14)5-9-3-4-17-12(9)10/h5-6,8H,3-4,7H2,1-2H3,(H2,15,16,18). The van der Waals surface area contributed by atoms with Crippen LogP contribution in [0.3, 0.4) is 0 Å². The molecule has 0 aliphatic carbocycles. The second kappa shape index (κ2) is 5.89. The molecule has 0 fully saturated rings. The third-order valence-corrected chi connectivity index (χ3v) is 3.40. The number of fused-ring (bicyclic) bond motifs is 1. The fraction of sp³-hybridized carbons (Fsp3) is 0.462. The van der Waals surface area contributed by atoms with Crippen LogP contribution in [0.1, 0.15) is 25.0 Å². The quantitative estimate of drug-likeness (QED) is 0.836. The first-order chi connectivity index (χ1) is 8.56. The van der Waals surface area contributed by atoms with Crippen molar-refractivity contribution < 1.29 is 4.74 Å². The third-order valence-electron chi connectivity index (χ3n) is 2.68. The number of nitrogens with one attached hydrogen (secondary N) is 2. The highest BCUT2D eigenvalue weighted by molar-refractivity contribution is 9.10. The summed E-state index contributed by atoms with van der Waals surface area (Å²) in [5.41, 5.74) is 2.41. The van der Waals surface area contributed by atoms with Gasteiger partial charge in [0.2, 0.25) is 0 Å². The van der Waals surface area contributed by atoms with E-state index in [9.17, 15) is 0 Å². The number of rotatable bonds is 3. The van der Waals surface area contributed by atoms with Gasteiger partial charge in [-0.3, -0.25) is 0 Å². The minimum absolute atomic E-state index is 0.342. The highest BCUT2D eigenvalue weighted by Crippen LogP contribution is 2.32. The molecular weight excluding hydrogens is 312 g/mol. The van der Waals surface area contributed by atoms with Gasteiger partial charge in [-0.15, -0.1) is 0 Å². The van der Waals surface area contributed by atoms with Gasteiger partial charge >= 0.3 is 0 Å². The van der Waals surface area contributed by atoms with E-state index in [1.54, 1.807) is 0 Å². The lowest BCUT2D eigenvalue weighted by atomic mass is 10.1. The van der Waals surface area contributed by atoms with Crippen molar-refractivity contribution in [3.05, 3.63) is 27.7 Å². The summed E-state index contributed by atoms with van der Waals surface area (Å²) in [5.74, 6) is 1.01. The van der Waals surface area contributed by atoms with Crippen molar-refractivity contribution in [2.75, 3.05) is 6.61 Å². The normalized spacial score (nSPS) is 13.1. The van der Waals surface area contributed by atoms with Crippen LogP contribution in [-0.4, -0.2) is 17.8 Å². The predicted molar refractivity (Wildman–Crippen MR) is 81.1 cm³/mol. The molecule has 0 unspecified atom stereocenters. The average Bonchev–Trinajstić information content (AvgIpc) is 2.72. The maximum Gasteiger partial charge on any atom is 0.166 e. The van der Waals surface area contributed by atoms with E-state index in [-0.39, 0.29) is 0 Å². The zero-order valence-corrected chi connectivity index (χ0v) is 13.0. The molecule has 0 spiro atoms. The summed E-state index contributed by atoms with van der Waals surface area (Å²) in [7, 11) is 0. The second-order valence-corrected chi connectivity index (χ2v) is 5.96. The molecule has 2 N–H and O–H groups in total. The van der Waals surface area contributed by atoms with Gasteiger partial charge in [0.25, 0.3) is 0 Å². The van der Waals surface area contributed by atoms with E-state index in [0.717, 1.165) is 28.8 Å². The molecule has 98 valence electrons. The van der Waals surface area contributed by atoms with E-state index in [4.69, 9.17) is 17.0 Å². The van der Waals surface area contributed by atoms with Crippen molar-refractivity contribution >= 4 is 33.3 Å². The summed E-state index contributed by atoms with van der Waals surface area (Å²) in [5, 5.41) is 7.05. The molecule has 0 radical (unpaired) electrons. The molecule has 0 amide bonds. The molecule has 0 bridgehead atoms. The van der Waals surface area contributed by atoms with Crippen LogP contribution < -0.4 is 15.4 Å². The van der Waals surface area contributed by atoms with Crippen LogP contribution in [0.2, 0.25) is 0 Å². The number of ether oxygens (including phenoxy) is 1. The Morgan fingerprint density at radius 1 is 1.50 bits per heavy atom. The Balaban J connectivity index is 2.04. The van der Waals surface area contributed by atoms with Crippen LogP contribution in [0, 0.1) is 0 Å². The zero-order valence-electron chi connectivity index (χ0n) is 10.5. The van der Waals surface area contributed by atoms with E-state index in [2.05, 4.69) is 52.5 Å². The summed E-state index contributed by atoms with van der Waals surface area (Å²) in [4.78, 5) is 0. The monoisotopic (exact) mass is 328 g/mol. The van der Waals surface area contributed by atoms with Gasteiger partial charge < -0.3 is 15.4 Å². The highest BCUT2D eigenvalue weighted by Gasteiger charge is 2.17. The molecule has 0 saturated heterocycles. The predicted octanol–water partition coefficient (Wildman–Crippen LogP) is 2.76. The smallest absolute Gasteiger partial charge is 0.166 e. The van der Waals surface area contributed by atoms with Gasteiger partial charge in [-0.1, -0.05) is 15.9 Å². The molecule has 1 aliphatic rings. The summed E-state index contributed by atoms with van der Waals surface area (Å²) in [6, 6.07) is 4.54. The molecule has 5 heteroatoms. The summed E-state index contributed by atoms with van der Waals surface area (Å²) < 4.78 is 6.76. The maximum atomic E-state index is 5.67. The van der Waals surface area contributed by atoms with E-state index >= 15 is 0 Å². The second-order valence-electron chi connectivity index (χ2n) is 4.63. The summed E-state index contributed by atoms with van der Waals surface area (Å²) in [6.07, 6.45) is 0.983. The van der Waals surface area contributed by atoms with Crippen LogP contribution in [0.15, 0.2) is 16.6 Å². The van der Waals surface area contributed by atoms with Crippen LogP contribution in [0.4, 0.5) is 0 Å².